The van der Waals surface area contributed by atoms with Crippen LogP contribution in [-0.2, 0) is 25.1 Å². The van der Waals surface area contributed by atoms with E-state index in [1.807, 2.05) is 6.08 Å². The number of ether oxygens (including phenoxy) is 2. The normalized spacial score (nSPS) is 24.8. The number of fused-ring (bicyclic) bond motifs is 3. The van der Waals surface area contributed by atoms with E-state index in [1.165, 1.54) is 16.7 Å². The Hall–Kier alpha value is -2.54. The summed E-state index contributed by atoms with van der Waals surface area (Å²) in [5.41, 5.74) is 5.57. The van der Waals surface area contributed by atoms with Gasteiger partial charge in [0, 0.05) is 31.1 Å². The van der Waals surface area contributed by atoms with Crippen LogP contribution in [0.4, 0.5) is 0 Å². The molecule has 0 aromatic heterocycles. The average Bonchev–Trinajstić information content (AvgIpc) is 3.12. The summed E-state index contributed by atoms with van der Waals surface area (Å²) in [6, 6.07) is 13.5. The van der Waals surface area contributed by atoms with Crippen molar-refractivity contribution < 1.29 is 17.9 Å². The molecule has 0 spiro atoms. The number of methoxy groups -OCH3 is 2. The van der Waals surface area contributed by atoms with Gasteiger partial charge >= 0.3 is 0 Å². The summed E-state index contributed by atoms with van der Waals surface area (Å²) >= 11 is 1.71. The SMILES string of the molecule is C=S(=O)(OC1C2=C(C=CC1OC)CCC1c3cc(SC)c(OC)cc3CCN1C2)c1ccc(C#N)cc1. The molecule has 2 heterocycles. The third-order valence-corrected chi connectivity index (χ3v) is 9.86. The van der Waals surface area contributed by atoms with Crippen LogP contribution in [0.25, 0.3) is 0 Å². The third kappa shape index (κ3) is 4.99. The monoisotopic (exact) mass is 536 g/mol. The van der Waals surface area contributed by atoms with Gasteiger partial charge in [-0.1, -0.05) is 12.2 Å². The van der Waals surface area contributed by atoms with Gasteiger partial charge in [0.2, 0.25) is 0 Å². The maximum atomic E-state index is 13.7. The third-order valence-electron chi connectivity index (χ3n) is 7.59. The zero-order chi connectivity index (χ0) is 26.2. The second-order valence-corrected chi connectivity index (χ2v) is 12.3. The molecule has 4 atom stereocenters. The predicted octanol–water partition coefficient (Wildman–Crippen LogP) is 4.94. The first-order valence-electron chi connectivity index (χ1n) is 12.4. The molecule has 0 saturated carbocycles. The first-order valence-corrected chi connectivity index (χ1v) is 15.2. The topological polar surface area (TPSA) is 71.8 Å². The van der Waals surface area contributed by atoms with Crippen molar-refractivity contribution in [3.8, 4) is 11.8 Å². The molecule has 2 aliphatic heterocycles. The van der Waals surface area contributed by atoms with E-state index in [4.69, 9.17) is 18.9 Å². The molecule has 0 saturated heterocycles. The predicted molar refractivity (Wildman–Crippen MR) is 149 cm³/mol. The zero-order valence-electron chi connectivity index (χ0n) is 21.4. The molecule has 0 amide bonds. The van der Waals surface area contributed by atoms with Crippen molar-refractivity contribution in [2.75, 3.05) is 33.6 Å². The minimum absolute atomic E-state index is 0.295. The van der Waals surface area contributed by atoms with E-state index >= 15 is 0 Å². The van der Waals surface area contributed by atoms with E-state index in [2.05, 4.69) is 41.3 Å². The molecule has 0 radical (unpaired) electrons. The summed E-state index contributed by atoms with van der Waals surface area (Å²) in [7, 11) is 0.306. The Balaban J connectivity index is 1.45. The van der Waals surface area contributed by atoms with E-state index in [0.29, 0.717) is 16.5 Å². The average molecular weight is 537 g/mol. The number of nitriles is 1. The Labute approximate surface area is 224 Å². The van der Waals surface area contributed by atoms with Gasteiger partial charge < -0.3 is 9.47 Å². The molecule has 2 aromatic rings. The number of hydrogen-bond donors (Lipinski definition) is 0. The lowest BCUT2D eigenvalue weighted by molar-refractivity contribution is 0.0494. The number of allylic oxidation sites excluding steroid dienone is 2. The Morgan fingerprint density at radius 2 is 1.97 bits per heavy atom. The maximum absolute atomic E-state index is 13.7. The molecule has 6 nitrogen and oxygen atoms in total. The van der Waals surface area contributed by atoms with Crippen molar-refractivity contribution in [2.45, 2.75) is 47.3 Å². The smallest absolute Gasteiger partial charge is 0.132 e. The number of thioether (sulfide) groups is 1. The molecule has 0 fully saturated rings. The lowest BCUT2D eigenvalue weighted by atomic mass is 9.89. The first kappa shape index (κ1) is 26.1. The molecule has 8 heteroatoms. The fraction of sp³-hybridized carbons (Fsp3) is 0.379. The molecule has 1 aliphatic carbocycles. The van der Waals surface area contributed by atoms with Crippen LogP contribution >= 0.6 is 11.8 Å². The second-order valence-electron chi connectivity index (χ2n) is 9.56. The van der Waals surface area contributed by atoms with Crippen LogP contribution in [0.3, 0.4) is 0 Å². The Kier molecular flexibility index (Phi) is 7.53. The van der Waals surface area contributed by atoms with E-state index < -0.39 is 15.9 Å². The van der Waals surface area contributed by atoms with Gasteiger partial charge in [0.25, 0.3) is 0 Å². The summed E-state index contributed by atoms with van der Waals surface area (Å²) in [4.78, 5) is 4.15. The highest BCUT2D eigenvalue weighted by Gasteiger charge is 2.38. The molecule has 3 aliphatic rings. The number of nitrogens with zero attached hydrogens (tertiary/aromatic N) is 2. The van der Waals surface area contributed by atoms with Crippen molar-refractivity contribution in [3.63, 3.8) is 0 Å². The molecule has 0 bridgehead atoms. The van der Waals surface area contributed by atoms with Gasteiger partial charge in [0.05, 0.1) is 23.6 Å². The first-order chi connectivity index (χ1) is 17.9. The van der Waals surface area contributed by atoms with Gasteiger partial charge in [-0.15, -0.1) is 11.8 Å². The molecule has 0 N–H and O–H groups in total. The largest absolute Gasteiger partial charge is 0.496 e. The lowest BCUT2D eigenvalue weighted by Crippen LogP contribution is -2.42. The molecule has 2 aromatic carbocycles. The Morgan fingerprint density at radius 3 is 2.65 bits per heavy atom. The number of hydrogen-bond acceptors (Lipinski definition) is 7. The molecule has 37 heavy (non-hydrogen) atoms. The molecular formula is C29H32N2O4S2. The van der Waals surface area contributed by atoms with Crippen LogP contribution in [0, 0.1) is 11.3 Å². The van der Waals surface area contributed by atoms with E-state index in [1.54, 1.807) is 50.2 Å². The summed E-state index contributed by atoms with van der Waals surface area (Å²) < 4.78 is 31.5. The highest BCUT2D eigenvalue weighted by molar-refractivity contribution is 7.98. The van der Waals surface area contributed by atoms with Crippen LogP contribution in [0.5, 0.6) is 5.75 Å². The maximum Gasteiger partial charge on any atom is 0.132 e. The van der Waals surface area contributed by atoms with Gasteiger partial charge in [-0.3, -0.25) is 9.08 Å². The fourth-order valence-electron chi connectivity index (χ4n) is 5.63. The number of benzene rings is 2. The van der Waals surface area contributed by atoms with Gasteiger partial charge in [-0.25, -0.2) is 4.21 Å². The van der Waals surface area contributed by atoms with Crippen LogP contribution in [0.15, 0.2) is 69.5 Å². The quantitative estimate of drug-likeness (QED) is 0.383. The Bertz CT molecular complexity index is 1390. The van der Waals surface area contributed by atoms with Crippen LogP contribution in [0.2, 0.25) is 0 Å². The van der Waals surface area contributed by atoms with E-state index in [-0.39, 0.29) is 6.10 Å². The van der Waals surface area contributed by atoms with Crippen molar-refractivity contribution in [3.05, 3.63) is 76.4 Å². The summed E-state index contributed by atoms with van der Waals surface area (Å²) in [5.74, 6) is 4.90. The minimum atomic E-state index is -3.08. The molecular weight excluding hydrogens is 504 g/mol. The van der Waals surface area contributed by atoms with Gasteiger partial charge in [-0.2, -0.15) is 5.26 Å². The number of rotatable bonds is 6. The zero-order valence-corrected chi connectivity index (χ0v) is 23.1. The summed E-state index contributed by atoms with van der Waals surface area (Å²) in [5, 5.41) is 9.12. The molecule has 4 unspecified atom stereocenters. The highest BCUT2D eigenvalue weighted by Crippen LogP contribution is 2.43. The lowest BCUT2D eigenvalue weighted by Gasteiger charge is -2.38. The van der Waals surface area contributed by atoms with Crippen molar-refractivity contribution in [2.24, 2.45) is 0 Å². The second kappa shape index (κ2) is 10.7. The van der Waals surface area contributed by atoms with Gasteiger partial charge in [-0.05, 0) is 90.1 Å². The molecule has 194 valence electrons. The minimum Gasteiger partial charge on any atom is -0.496 e. The summed E-state index contributed by atoms with van der Waals surface area (Å²) in [6.07, 6.45) is 8.22. The Morgan fingerprint density at radius 1 is 1.19 bits per heavy atom. The van der Waals surface area contributed by atoms with Gasteiger partial charge in [0.1, 0.15) is 27.8 Å². The van der Waals surface area contributed by atoms with Crippen LogP contribution in [0.1, 0.15) is 35.6 Å². The molecule has 5 rings (SSSR count). The van der Waals surface area contributed by atoms with Gasteiger partial charge in [0.15, 0.2) is 0 Å². The van der Waals surface area contributed by atoms with Crippen LogP contribution in [-0.4, -0.2) is 60.8 Å². The summed E-state index contributed by atoms with van der Waals surface area (Å²) in [6.45, 7) is 1.65. The highest BCUT2D eigenvalue weighted by atomic mass is 32.2. The van der Waals surface area contributed by atoms with E-state index in [9.17, 15) is 4.21 Å². The van der Waals surface area contributed by atoms with E-state index in [0.717, 1.165) is 48.6 Å². The van der Waals surface area contributed by atoms with Crippen molar-refractivity contribution >= 4 is 27.4 Å². The van der Waals surface area contributed by atoms with Crippen LogP contribution < -0.4 is 4.74 Å². The standard InChI is InChI=1S/C29H32N2O4S2/c1-33-26-12-8-20-7-11-25-23-16-28(36-3)27(34-2)15-21(23)13-14-31(25)18-24(20)29(26)35-37(4,32)22-9-5-19(17-30)6-10-22/h5-6,8-10,12,15-16,25-26,29H,4,7,11,13-14,18H2,1-3H3. The van der Waals surface area contributed by atoms with Crippen molar-refractivity contribution in [1.82, 2.24) is 4.90 Å². The fourth-order valence-corrected chi connectivity index (χ4v) is 7.44. The van der Waals surface area contributed by atoms with Crippen molar-refractivity contribution in [1.29, 1.82) is 5.26 Å².